The minimum atomic E-state index is -3.64. The van der Waals surface area contributed by atoms with Crippen molar-refractivity contribution in [2.24, 2.45) is 7.05 Å². The second-order valence-corrected chi connectivity index (χ2v) is 7.41. The Morgan fingerprint density at radius 1 is 1.36 bits per heavy atom. The highest BCUT2D eigenvalue weighted by molar-refractivity contribution is 7.92. The first kappa shape index (κ1) is 15.0. The Hall–Kier alpha value is -1.96. The molecule has 1 heterocycles. The molecule has 2 aromatic rings. The third-order valence-electron chi connectivity index (χ3n) is 3.62. The molecule has 0 N–H and O–H groups in total. The Morgan fingerprint density at radius 3 is 2.64 bits per heavy atom. The van der Waals surface area contributed by atoms with Gasteiger partial charge >= 0.3 is 0 Å². The van der Waals surface area contributed by atoms with E-state index in [0.29, 0.717) is 11.7 Å². The maximum absolute atomic E-state index is 14.0. The number of aromatic nitrogens is 3. The van der Waals surface area contributed by atoms with Gasteiger partial charge in [0.15, 0.2) is 5.82 Å². The molecule has 0 spiro atoms. The first-order chi connectivity index (χ1) is 10.4. The SMILES string of the molecule is Cn1nc(C2CC2)nc1CN(c1ccccc1F)S(C)(=O)=O. The van der Waals surface area contributed by atoms with Crippen molar-refractivity contribution in [1.82, 2.24) is 14.8 Å². The molecule has 3 rings (SSSR count). The molecule has 8 heteroatoms. The molecule has 118 valence electrons. The lowest BCUT2D eigenvalue weighted by Gasteiger charge is -2.22. The molecule has 0 unspecified atom stereocenters. The summed E-state index contributed by atoms with van der Waals surface area (Å²) in [5.41, 5.74) is 0.0148. The van der Waals surface area contributed by atoms with E-state index in [1.54, 1.807) is 17.8 Å². The summed E-state index contributed by atoms with van der Waals surface area (Å²) >= 11 is 0. The minimum Gasteiger partial charge on any atom is -0.260 e. The van der Waals surface area contributed by atoms with Crippen molar-refractivity contribution >= 4 is 15.7 Å². The lowest BCUT2D eigenvalue weighted by Crippen LogP contribution is -2.31. The average molecular weight is 324 g/mol. The molecule has 6 nitrogen and oxygen atoms in total. The summed E-state index contributed by atoms with van der Waals surface area (Å²) in [7, 11) is -1.92. The summed E-state index contributed by atoms with van der Waals surface area (Å²) in [6.07, 6.45) is 3.18. The van der Waals surface area contributed by atoms with E-state index in [9.17, 15) is 12.8 Å². The van der Waals surface area contributed by atoms with Crippen molar-refractivity contribution in [3.05, 3.63) is 41.7 Å². The summed E-state index contributed by atoms with van der Waals surface area (Å²) in [5.74, 6) is 1.02. The molecular formula is C14H17FN4O2S. The Balaban J connectivity index is 1.96. The van der Waals surface area contributed by atoms with Gasteiger partial charge in [-0.15, -0.1) is 0 Å². The molecule has 1 aromatic carbocycles. The van der Waals surface area contributed by atoms with Gasteiger partial charge in [0.05, 0.1) is 18.5 Å². The number of rotatable bonds is 5. The van der Waals surface area contributed by atoms with Gasteiger partial charge in [-0.05, 0) is 25.0 Å². The number of anilines is 1. The highest BCUT2D eigenvalue weighted by Crippen LogP contribution is 2.38. The van der Waals surface area contributed by atoms with Crippen LogP contribution < -0.4 is 4.31 Å². The van der Waals surface area contributed by atoms with Crippen molar-refractivity contribution in [3.8, 4) is 0 Å². The van der Waals surface area contributed by atoms with Crippen LogP contribution >= 0.6 is 0 Å². The predicted molar refractivity (Wildman–Crippen MR) is 80.4 cm³/mol. The van der Waals surface area contributed by atoms with E-state index in [4.69, 9.17) is 0 Å². The van der Waals surface area contributed by atoms with Gasteiger partial charge in [-0.25, -0.2) is 17.8 Å². The van der Waals surface area contributed by atoms with E-state index in [-0.39, 0.29) is 12.2 Å². The first-order valence-electron chi connectivity index (χ1n) is 6.98. The van der Waals surface area contributed by atoms with Gasteiger partial charge in [0, 0.05) is 13.0 Å². The van der Waals surface area contributed by atoms with Crippen LogP contribution in [-0.4, -0.2) is 29.4 Å². The molecule has 22 heavy (non-hydrogen) atoms. The van der Waals surface area contributed by atoms with E-state index in [1.165, 1.54) is 18.2 Å². The minimum absolute atomic E-state index is 0.0148. The summed E-state index contributed by atoms with van der Waals surface area (Å²) in [5, 5.41) is 4.31. The van der Waals surface area contributed by atoms with Crippen molar-refractivity contribution in [1.29, 1.82) is 0 Å². The van der Waals surface area contributed by atoms with Gasteiger partial charge in [0.2, 0.25) is 10.0 Å². The normalized spacial score (nSPS) is 15.0. The summed E-state index contributed by atoms with van der Waals surface area (Å²) in [6, 6.07) is 5.80. The number of hydrogen-bond acceptors (Lipinski definition) is 4. The van der Waals surface area contributed by atoms with Gasteiger partial charge in [0.25, 0.3) is 0 Å². The monoisotopic (exact) mass is 324 g/mol. The average Bonchev–Trinajstić information content (AvgIpc) is 3.21. The molecule has 1 aliphatic rings. The molecule has 1 aromatic heterocycles. The highest BCUT2D eigenvalue weighted by Gasteiger charge is 2.30. The van der Waals surface area contributed by atoms with Crippen LogP contribution in [0.2, 0.25) is 0 Å². The Morgan fingerprint density at radius 2 is 2.05 bits per heavy atom. The number of aryl methyl sites for hydroxylation is 1. The number of benzene rings is 1. The van der Waals surface area contributed by atoms with Crippen LogP contribution in [0.1, 0.15) is 30.4 Å². The molecule has 0 radical (unpaired) electrons. The fraction of sp³-hybridized carbons (Fsp3) is 0.429. The fourth-order valence-electron chi connectivity index (χ4n) is 2.25. The predicted octanol–water partition coefficient (Wildman–Crippen LogP) is 1.80. The Labute approximate surface area is 128 Å². The van der Waals surface area contributed by atoms with Crippen LogP contribution in [0.4, 0.5) is 10.1 Å². The maximum Gasteiger partial charge on any atom is 0.232 e. The number of hydrogen-bond donors (Lipinski definition) is 0. The van der Waals surface area contributed by atoms with Crippen LogP contribution in [0, 0.1) is 5.82 Å². The van der Waals surface area contributed by atoms with Crippen molar-refractivity contribution < 1.29 is 12.8 Å². The van der Waals surface area contributed by atoms with Crippen LogP contribution in [0.3, 0.4) is 0 Å². The van der Waals surface area contributed by atoms with E-state index in [2.05, 4.69) is 10.1 Å². The summed E-state index contributed by atoms with van der Waals surface area (Å²) < 4.78 is 40.7. The number of nitrogens with zero attached hydrogens (tertiary/aromatic N) is 4. The lowest BCUT2D eigenvalue weighted by molar-refractivity contribution is 0.585. The van der Waals surface area contributed by atoms with Gasteiger partial charge in [-0.1, -0.05) is 12.1 Å². The Kier molecular flexibility index (Phi) is 3.64. The fourth-order valence-corrected chi connectivity index (χ4v) is 3.11. The Bertz CT molecular complexity index is 799. The van der Waals surface area contributed by atoms with E-state index >= 15 is 0 Å². The quantitative estimate of drug-likeness (QED) is 0.841. The zero-order valence-corrected chi connectivity index (χ0v) is 13.2. The molecule has 1 saturated carbocycles. The van der Waals surface area contributed by atoms with Gasteiger partial charge in [0.1, 0.15) is 11.6 Å². The van der Waals surface area contributed by atoms with Crippen molar-refractivity contribution in [2.45, 2.75) is 25.3 Å². The molecule has 1 aliphatic carbocycles. The third-order valence-corrected chi connectivity index (χ3v) is 4.75. The lowest BCUT2D eigenvalue weighted by atomic mass is 10.3. The molecule has 0 amide bonds. The van der Waals surface area contributed by atoms with Crippen LogP contribution in [0.25, 0.3) is 0 Å². The third kappa shape index (κ3) is 2.96. The van der Waals surface area contributed by atoms with E-state index in [1.807, 2.05) is 0 Å². The van der Waals surface area contributed by atoms with Gasteiger partial charge in [-0.2, -0.15) is 5.10 Å². The molecule has 0 aliphatic heterocycles. The summed E-state index contributed by atoms with van der Waals surface area (Å²) in [4.78, 5) is 4.40. The van der Waals surface area contributed by atoms with Crippen molar-refractivity contribution in [2.75, 3.05) is 10.6 Å². The largest absolute Gasteiger partial charge is 0.260 e. The topological polar surface area (TPSA) is 68.1 Å². The second kappa shape index (κ2) is 5.35. The van der Waals surface area contributed by atoms with Gasteiger partial charge < -0.3 is 0 Å². The number of sulfonamides is 1. The zero-order chi connectivity index (χ0) is 15.9. The number of halogens is 1. The molecule has 0 atom stereocenters. The molecule has 0 saturated heterocycles. The van der Waals surface area contributed by atoms with Crippen LogP contribution in [-0.2, 0) is 23.6 Å². The highest BCUT2D eigenvalue weighted by atomic mass is 32.2. The van der Waals surface area contributed by atoms with E-state index < -0.39 is 15.8 Å². The zero-order valence-electron chi connectivity index (χ0n) is 12.4. The molecule has 1 fully saturated rings. The van der Waals surface area contributed by atoms with Gasteiger partial charge in [-0.3, -0.25) is 8.99 Å². The van der Waals surface area contributed by atoms with Crippen molar-refractivity contribution in [3.63, 3.8) is 0 Å². The molecular weight excluding hydrogens is 307 g/mol. The first-order valence-corrected chi connectivity index (χ1v) is 8.83. The smallest absolute Gasteiger partial charge is 0.232 e. The number of para-hydroxylation sites is 1. The van der Waals surface area contributed by atoms with Crippen LogP contribution in [0.5, 0.6) is 0 Å². The standard InChI is InChI=1S/C14H17FN4O2S/c1-18-13(16-14(17-18)10-7-8-10)9-19(22(2,20)21)12-6-4-3-5-11(12)15/h3-6,10H,7-9H2,1-2H3. The summed E-state index contributed by atoms with van der Waals surface area (Å²) in [6.45, 7) is -0.0456. The van der Waals surface area contributed by atoms with E-state index in [0.717, 1.165) is 29.2 Å². The molecule has 0 bridgehead atoms. The van der Waals surface area contributed by atoms with Crippen LogP contribution in [0.15, 0.2) is 24.3 Å². The second-order valence-electron chi connectivity index (χ2n) is 5.51. The maximum atomic E-state index is 14.0.